The van der Waals surface area contributed by atoms with Crippen molar-refractivity contribution in [3.63, 3.8) is 0 Å². The molecule has 0 radical (unpaired) electrons. The second-order valence-electron chi connectivity index (χ2n) is 5.95. The largest absolute Gasteiger partial charge is 0.497 e. The second-order valence-corrected chi connectivity index (χ2v) is 6.47. The van der Waals surface area contributed by atoms with Crippen molar-refractivity contribution in [2.75, 3.05) is 19.0 Å². The van der Waals surface area contributed by atoms with Crippen LogP contribution in [0.2, 0.25) is 0 Å². The number of benzene rings is 2. The van der Waals surface area contributed by atoms with Crippen LogP contribution in [0.1, 0.15) is 5.56 Å². The fourth-order valence-electron chi connectivity index (χ4n) is 2.77. The summed E-state index contributed by atoms with van der Waals surface area (Å²) in [5.41, 5.74) is 3.13. The molecule has 2 aromatic heterocycles. The number of hydrogen-bond acceptors (Lipinski definition) is 8. The van der Waals surface area contributed by atoms with Gasteiger partial charge in [0.2, 0.25) is 0 Å². The van der Waals surface area contributed by atoms with Gasteiger partial charge in [-0.1, -0.05) is 6.07 Å². The van der Waals surface area contributed by atoms with E-state index in [0.717, 1.165) is 17.1 Å². The van der Waals surface area contributed by atoms with Gasteiger partial charge in [0, 0.05) is 17.0 Å². The molecule has 0 aliphatic rings. The van der Waals surface area contributed by atoms with Gasteiger partial charge >= 0.3 is 5.97 Å². The minimum atomic E-state index is -0.526. The average Bonchev–Trinajstić information content (AvgIpc) is 3.34. The first kappa shape index (κ1) is 17.9. The third-order valence-corrected chi connectivity index (χ3v) is 4.66. The molecular formula is C19H15N3O5S. The number of aromatic nitrogens is 2. The van der Waals surface area contributed by atoms with Crippen molar-refractivity contribution in [1.82, 2.24) is 8.75 Å². The van der Waals surface area contributed by atoms with Crippen LogP contribution in [0.25, 0.3) is 22.0 Å². The normalized spacial score (nSPS) is 10.9. The highest BCUT2D eigenvalue weighted by Gasteiger charge is 2.14. The van der Waals surface area contributed by atoms with E-state index in [4.69, 9.17) is 13.9 Å². The summed E-state index contributed by atoms with van der Waals surface area (Å²) >= 11 is 1.06. The first-order chi connectivity index (χ1) is 13.6. The highest BCUT2D eigenvalue weighted by atomic mass is 32.1. The first-order valence-corrected chi connectivity index (χ1v) is 9.08. The number of amides is 1. The number of furan rings is 1. The van der Waals surface area contributed by atoms with Gasteiger partial charge in [-0.2, -0.15) is 8.75 Å². The predicted molar refractivity (Wildman–Crippen MR) is 103 cm³/mol. The van der Waals surface area contributed by atoms with Crippen molar-refractivity contribution in [2.45, 2.75) is 6.42 Å². The summed E-state index contributed by atoms with van der Waals surface area (Å²) in [6, 6.07) is 10.6. The summed E-state index contributed by atoms with van der Waals surface area (Å²) in [5, 5.41) is 3.48. The molecule has 0 fully saturated rings. The van der Waals surface area contributed by atoms with Gasteiger partial charge in [-0.25, -0.2) is 0 Å². The molecule has 4 aromatic rings. The number of carbonyl (C=O) groups excluding carboxylic acids is 2. The maximum Gasteiger partial charge on any atom is 0.310 e. The van der Waals surface area contributed by atoms with E-state index >= 15 is 0 Å². The van der Waals surface area contributed by atoms with Gasteiger partial charge in [0.05, 0.1) is 37.2 Å². The van der Waals surface area contributed by atoms with Gasteiger partial charge < -0.3 is 19.2 Å². The highest BCUT2D eigenvalue weighted by Crippen LogP contribution is 2.26. The third kappa shape index (κ3) is 3.65. The van der Waals surface area contributed by atoms with E-state index in [1.54, 1.807) is 37.4 Å². The number of anilines is 1. The van der Waals surface area contributed by atoms with Crippen molar-refractivity contribution in [2.24, 2.45) is 0 Å². The maximum atomic E-state index is 12.1. The Morgan fingerprint density at radius 2 is 2.11 bits per heavy atom. The number of rotatable bonds is 6. The van der Waals surface area contributed by atoms with Crippen LogP contribution in [0, 0.1) is 0 Å². The molecular weight excluding hydrogens is 382 g/mol. The molecule has 2 heterocycles. The minimum absolute atomic E-state index is 0.00179. The number of fused-ring (bicyclic) bond motifs is 2. The van der Waals surface area contributed by atoms with Crippen LogP contribution >= 0.6 is 11.7 Å². The summed E-state index contributed by atoms with van der Waals surface area (Å²) in [5.74, 6) is -0.309. The van der Waals surface area contributed by atoms with Gasteiger partial charge in [-0.05, 0) is 24.3 Å². The monoisotopic (exact) mass is 397 g/mol. The standard InChI is InChI=1S/C19H15N3O5S/c1-25-12-5-6-13-11(9-26-16(13)8-12)7-18(24)27-10-17(23)20-14-3-2-4-15-19(14)22-28-21-15/h2-6,8-9H,7,10H2,1H3,(H,20,23). The van der Waals surface area contributed by atoms with Crippen molar-refractivity contribution in [1.29, 1.82) is 0 Å². The molecule has 142 valence electrons. The number of nitrogens with zero attached hydrogens (tertiary/aromatic N) is 2. The SMILES string of the molecule is COc1ccc2c(CC(=O)OCC(=O)Nc3cccc4nsnc34)coc2c1. The molecule has 0 atom stereocenters. The molecule has 0 aliphatic heterocycles. The van der Waals surface area contributed by atoms with Crippen molar-refractivity contribution in [3.05, 3.63) is 48.2 Å². The molecule has 0 unspecified atom stereocenters. The molecule has 0 aliphatic carbocycles. The third-order valence-electron chi connectivity index (χ3n) is 4.12. The number of hydrogen-bond donors (Lipinski definition) is 1. The maximum absolute atomic E-state index is 12.1. The fraction of sp³-hybridized carbons (Fsp3) is 0.158. The molecule has 1 N–H and O–H groups in total. The predicted octanol–water partition coefficient (Wildman–Crippen LogP) is 3.17. The Morgan fingerprint density at radius 1 is 1.21 bits per heavy atom. The topological polar surface area (TPSA) is 104 Å². The molecule has 1 amide bonds. The van der Waals surface area contributed by atoms with E-state index in [0.29, 0.717) is 33.6 Å². The lowest BCUT2D eigenvalue weighted by molar-refractivity contribution is -0.146. The van der Waals surface area contributed by atoms with Crippen LogP contribution in [0.3, 0.4) is 0 Å². The van der Waals surface area contributed by atoms with Crippen LogP contribution in [-0.4, -0.2) is 34.3 Å². The zero-order chi connectivity index (χ0) is 19.5. The van der Waals surface area contributed by atoms with Crippen molar-refractivity contribution < 1.29 is 23.5 Å². The van der Waals surface area contributed by atoms with Crippen LogP contribution in [-0.2, 0) is 20.7 Å². The lowest BCUT2D eigenvalue weighted by atomic mass is 10.1. The number of nitrogens with one attached hydrogen (secondary N) is 1. The van der Waals surface area contributed by atoms with Crippen LogP contribution in [0.5, 0.6) is 5.75 Å². The molecule has 9 heteroatoms. The molecule has 0 saturated heterocycles. The van der Waals surface area contributed by atoms with Gasteiger partial charge in [0.15, 0.2) is 6.61 Å². The van der Waals surface area contributed by atoms with E-state index in [9.17, 15) is 9.59 Å². The average molecular weight is 397 g/mol. The Kier molecular flexibility index (Phi) is 4.90. The summed E-state index contributed by atoms with van der Waals surface area (Å²) in [7, 11) is 1.57. The zero-order valence-corrected chi connectivity index (χ0v) is 15.6. The van der Waals surface area contributed by atoms with Crippen molar-refractivity contribution in [3.8, 4) is 5.75 Å². The van der Waals surface area contributed by atoms with Gasteiger partial charge in [-0.3, -0.25) is 9.59 Å². The Morgan fingerprint density at radius 3 is 2.96 bits per heavy atom. The highest BCUT2D eigenvalue weighted by molar-refractivity contribution is 7.00. The van der Waals surface area contributed by atoms with Crippen molar-refractivity contribution >= 4 is 51.3 Å². The smallest absolute Gasteiger partial charge is 0.310 e. The Balaban J connectivity index is 1.35. The Bertz CT molecular complexity index is 1170. The van der Waals surface area contributed by atoms with E-state index in [2.05, 4.69) is 14.1 Å². The summed E-state index contributed by atoms with van der Waals surface area (Å²) in [4.78, 5) is 24.2. The molecule has 8 nitrogen and oxygen atoms in total. The number of carbonyl (C=O) groups is 2. The molecule has 28 heavy (non-hydrogen) atoms. The molecule has 2 aromatic carbocycles. The number of methoxy groups -OCH3 is 1. The summed E-state index contributed by atoms with van der Waals surface area (Å²) in [6.07, 6.45) is 1.50. The fourth-order valence-corrected chi connectivity index (χ4v) is 3.32. The number of esters is 1. The van der Waals surface area contributed by atoms with Gasteiger partial charge in [-0.15, -0.1) is 0 Å². The molecule has 0 spiro atoms. The van der Waals surface area contributed by atoms with Crippen LogP contribution in [0.4, 0.5) is 5.69 Å². The van der Waals surface area contributed by atoms with E-state index < -0.39 is 18.5 Å². The van der Waals surface area contributed by atoms with E-state index in [-0.39, 0.29) is 6.42 Å². The summed E-state index contributed by atoms with van der Waals surface area (Å²) in [6.45, 7) is -0.392. The minimum Gasteiger partial charge on any atom is -0.497 e. The quantitative estimate of drug-likeness (QED) is 0.498. The van der Waals surface area contributed by atoms with Crippen LogP contribution in [0.15, 0.2) is 47.1 Å². The summed E-state index contributed by atoms with van der Waals surface area (Å²) < 4.78 is 23.9. The first-order valence-electron chi connectivity index (χ1n) is 8.35. The zero-order valence-electron chi connectivity index (χ0n) is 14.8. The molecule has 4 rings (SSSR count). The van der Waals surface area contributed by atoms with E-state index in [1.807, 2.05) is 6.07 Å². The lowest BCUT2D eigenvalue weighted by Crippen LogP contribution is -2.21. The van der Waals surface area contributed by atoms with Gasteiger partial charge in [0.1, 0.15) is 22.4 Å². The Hall–Kier alpha value is -3.46. The Labute approximate surface area is 163 Å². The number of ether oxygens (including phenoxy) is 2. The molecule has 0 saturated carbocycles. The molecule has 0 bridgehead atoms. The van der Waals surface area contributed by atoms with Gasteiger partial charge in [0.25, 0.3) is 5.91 Å². The van der Waals surface area contributed by atoms with E-state index in [1.165, 1.54) is 6.26 Å². The van der Waals surface area contributed by atoms with Crippen LogP contribution < -0.4 is 10.1 Å². The lowest BCUT2D eigenvalue weighted by Gasteiger charge is -2.06. The second kappa shape index (κ2) is 7.65.